The molecule has 0 aliphatic carbocycles. The number of hydrogen-bond donors (Lipinski definition) is 3. The van der Waals surface area contributed by atoms with E-state index in [0.29, 0.717) is 12.5 Å². The Morgan fingerprint density at radius 1 is 1.04 bits per heavy atom. The zero-order valence-corrected chi connectivity index (χ0v) is 15.7. The maximum Gasteiger partial charge on any atom is 0.240 e. The Labute approximate surface area is 150 Å². The largest absolute Gasteiger partial charge is 0.316 e. The van der Waals surface area contributed by atoms with Gasteiger partial charge in [0, 0.05) is 13.1 Å². The van der Waals surface area contributed by atoms with Crippen molar-refractivity contribution in [3.8, 4) is 0 Å². The molecule has 138 valence electrons. The molecule has 1 aliphatic rings. The van der Waals surface area contributed by atoms with E-state index in [9.17, 15) is 16.8 Å². The number of benzene rings is 1. The first-order valence-corrected chi connectivity index (χ1v) is 10.8. The molecule has 1 aliphatic heterocycles. The van der Waals surface area contributed by atoms with Crippen molar-refractivity contribution in [2.24, 2.45) is 5.92 Å². The molecule has 1 atom stereocenters. The summed E-state index contributed by atoms with van der Waals surface area (Å²) in [5.41, 5.74) is 0. The number of nitrogens with one attached hydrogen (secondary N) is 3. The highest BCUT2D eigenvalue weighted by atomic mass is 35.5. The topological polar surface area (TPSA) is 104 Å². The van der Waals surface area contributed by atoms with Crippen molar-refractivity contribution in [3.63, 3.8) is 0 Å². The molecule has 2 rings (SSSR count). The lowest BCUT2D eigenvalue weighted by molar-refractivity contribution is 0.519. The highest BCUT2D eigenvalue weighted by Gasteiger charge is 2.17. The fourth-order valence-electron chi connectivity index (χ4n) is 2.44. The molecule has 1 aromatic rings. The summed E-state index contributed by atoms with van der Waals surface area (Å²) in [6, 6.07) is 7.87. The van der Waals surface area contributed by atoms with Gasteiger partial charge in [-0.15, -0.1) is 12.4 Å². The van der Waals surface area contributed by atoms with Gasteiger partial charge >= 0.3 is 0 Å². The van der Waals surface area contributed by atoms with Gasteiger partial charge in [0.25, 0.3) is 0 Å². The van der Waals surface area contributed by atoms with Crippen LogP contribution in [0.1, 0.15) is 12.8 Å². The molecule has 1 saturated heterocycles. The van der Waals surface area contributed by atoms with Gasteiger partial charge in [-0.1, -0.05) is 18.2 Å². The summed E-state index contributed by atoms with van der Waals surface area (Å²) >= 11 is 0. The van der Waals surface area contributed by atoms with Crippen molar-refractivity contribution in [2.45, 2.75) is 17.7 Å². The van der Waals surface area contributed by atoms with Crippen molar-refractivity contribution in [2.75, 3.05) is 31.9 Å². The van der Waals surface area contributed by atoms with Gasteiger partial charge in [0.2, 0.25) is 20.0 Å². The first kappa shape index (κ1) is 21.3. The minimum atomic E-state index is -3.67. The van der Waals surface area contributed by atoms with Crippen LogP contribution in [0.25, 0.3) is 0 Å². The molecule has 0 radical (unpaired) electrons. The average Bonchev–Trinajstić information content (AvgIpc) is 3.01. The van der Waals surface area contributed by atoms with Crippen LogP contribution < -0.4 is 14.8 Å². The van der Waals surface area contributed by atoms with E-state index in [1.807, 2.05) is 0 Å². The van der Waals surface area contributed by atoms with Crippen LogP contribution in [0, 0.1) is 5.92 Å². The van der Waals surface area contributed by atoms with Crippen LogP contribution in [0.3, 0.4) is 0 Å². The molecule has 0 aromatic heterocycles. The summed E-state index contributed by atoms with van der Waals surface area (Å²) in [5.74, 6) is 0.233. The molecule has 1 heterocycles. The Morgan fingerprint density at radius 3 is 2.38 bits per heavy atom. The molecule has 24 heavy (non-hydrogen) atoms. The van der Waals surface area contributed by atoms with Crippen LogP contribution in [-0.2, 0) is 20.0 Å². The number of rotatable bonds is 9. The fourth-order valence-corrected chi connectivity index (χ4v) is 4.57. The van der Waals surface area contributed by atoms with E-state index in [4.69, 9.17) is 0 Å². The van der Waals surface area contributed by atoms with E-state index in [1.165, 1.54) is 12.1 Å². The Kier molecular flexibility index (Phi) is 8.61. The van der Waals surface area contributed by atoms with Crippen molar-refractivity contribution < 1.29 is 16.8 Å². The molecule has 1 aromatic carbocycles. The second kappa shape index (κ2) is 9.69. The maximum atomic E-state index is 12.0. The summed E-state index contributed by atoms with van der Waals surface area (Å²) < 4.78 is 52.5. The molecule has 3 N–H and O–H groups in total. The number of hydrogen-bond acceptors (Lipinski definition) is 5. The smallest absolute Gasteiger partial charge is 0.240 e. The molecular weight excluding hydrogens is 374 g/mol. The van der Waals surface area contributed by atoms with E-state index < -0.39 is 20.0 Å². The first-order valence-electron chi connectivity index (χ1n) is 7.62. The number of halogens is 1. The molecule has 0 saturated carbocycles. The number of sulfonamides is 2. The van der Waals surface area contributed by atoms with Gasteiger partial charge in [-0.2, -0.15) is 0 Å². The SMILES string of the molecule is Cl.O=S(=O)(CCNS(=O)(=O)c1ccccc1)NCCC1CCNC1. The lowest BCUT2D eigenvalue weighted by Gasteiger charge is -2.10. The third kappa shape index (κ3) is 7.04. The van der Waals surface area contributed by atoms with Crippen molar-refractivity contribution in [1.29, 1.82) is 0 Å². The highest BCUT2D eigenvalue weighted by Crippen LogP contribution is 2.11. The quantitative estimate of drug-likeness (QED) is 0.556. The summed E-state index contributed by atoms with van der Waals surface area (Å²) in [6.07, 6.45) is 1.86. The van der Waals surface area contributed by atoms with Crippen molar-refractivity contribution in [3.05, 3.63) is 30.3 Å². The second-order valence-electron chi connectivity index (χ2n) is 5.57. The van der Waals surface area contributed by atoms with Crippen LogP contribution in [0.2, 0.25) is 0 Å². The predicted molar refractivity (Wildman–Crippen MR) is 96.3 cm³/mol. The predicted octanol–water partition coefficient (Wildman–Crippen LogP) is 0.306. The van der Waals surface area contributed by atoms with Crippen LogP contribution in [-0.4, -0.2) is 48.8 Å². The second-order valence-corrected chi connectivity index (χ2v) is 9.26. The first-order chi connectivity index (χ1) is 10.9. The van der Waals surface area contributed by atoms with Gasteiger partial charge < -0.3 is 5.32 Å². The average molecular weight is 398 g/mol. The Bertz CT molecular complexity index is 690. The summed E-state index contributed by atoms with van der Waals surface area (Å²) in [5, 5.41) is 3.23. The van der Waals surface area contributed by atoms with Gasteiger partial charge in [-0.05, 0) is 44.0 Å². The summed E-state index contributed by atoms with van der Waals surface area (Å²) in [7, 11) is -7.14. The Balaban J connectivity index is 0.00000288. The van der Waals surface area contributed by atoms with Crippen molar-refractivity contribution >= 4 is 32.5 Å². The zero-order chi connectivity index (χ0) is 16.8. The van der Waals surface area contributed by atoms with Gasteiger partial charge in [-0.3, -0.25) is 0 Å². The lowest BCUT2D eigenvalue weighted by atomic mass is 10.1. The third-order valence-corrected chi connectivity index (χ3v) is 6.62. The van der Waals surface area contributed by atoms with Crippen LogP contribution in [0.4, 0.5) is 0 Å². The lowest BCUT2D eigenvalue weighted by Crippen LogP contribution is -2.35. The zero-order valence-electron chi connectivity index (χ0n) is 13.3. The fraction of sp³-hybridized carbons (Fsp3) is 0.571. The highest BCUT2D eigenvalue weighted by molar-refractivity contribution is 7.90. The van der Waals surface area contributed by atoms with E-state index >= 15 is 0 Å². The molecule has 1 fully saturated rings. The van der Waals surface area contributed by atoms with E-state index in [-0.39, 0.29) is 29.6 Å². The van der Waals surface area contributed by atoms with Gasteiger partial charge in [0.05, 0.1) is 10.6 Å². The molecule has 7 nitrogen and oxygen atoms in total. The van der Waals surface area contributed by atoms with Gasteiger partial charge in [0.1, 0.15) is 0 Å². The molecule has 1 unspecified atom stereocenters. The minimum absolute atomic E-state index is 0. The molecular formula is C14H24ClN3O4S2. The summed E-state index contributed by atoms with van der Waals surface area (Å²) in [6.45, 7) is 2.15. The molecule has 0 spiro atoms. The van der Waals surface area contributed by atoms with Crippen LogP contribution in [0.15, 0.2) is 35.2 Å². The normalized spacial score (nSPS) is 18.2. The van der Waals surface area contributed by atoms with E-state index in [0.717, 1.165) is 25.9 Å². The van der Waals surface area contributed by atoms with E-state index in [1.54, 1.807) is 18.2 Å². The third-order valence-electron chi connectivity index (χ3n) is 3.75. The molecule has 10 heteroatoms. The minimum Gasteiger partial charge on any atom is -0.316 e. The van der Waals surface area contributed by atoms with Crippen LogP contribution >= 0.6 is 12.4 Å². The van der Waals surface area contributed by atoms with Gasteiger partial charge in [0.15, 0.2) is 0 Å². The Hall–Kier alpha value is -0.710. The standard InChI is InChI=1S/C14H23N3O4S2.ClH/c18-22(19,16-9-7-13-6-8-15-12-13)11-10-17-23(20,21)14-4-2-1-3-5-14;/h1-5,13,15-17H,6-12H2;1H. The maximum absolute atomic E-state index is 12.0. The monoisotopic (exact) mass is 397 g/mol. The summed E-state index contributed by atoms with van der Waals surface area (Å²) in [4.78, 5) is 0.124. The van der Waals surface area contributed by atoms with Crippen LogP contribution in [0.5, 0.6) is 0 Å². The van der Waals surface area contributed by atoms with E-state index in [2.05, 4.69) is 14.8 Å². The molecule has 0 amide bonds. The molecule has 0 bridgehead atoms. The van der Waals surface area contributed by atoms with Crippen molar-refractivity contribution in [1.82, 2.24) is 14.8 Å². The van der Waals surface area contributed by atoms with Gasteiger partial charge in [-0.25, -0.2) is 26.3 Å². The Morgan fingerprint density at radius 2 is 1.75 bits per heavy atom.